The second kappa shape index (κ2) is 9.34. The predicted molar refractivity (Wildman–Crippen MR) is 118 cm³/mol. The molecule has 7 heteroatoms. The first kappa shape index (κ1) is 20.5. The second-order valence-corrected chi connectivity index (χ2v) is 8.75. The van der Waals surface area contributed by atoms with E-state index >= 15 is 0 Å². The fraction of sp³-hybridized carbons (Fsp3) is 0.348. The van der Waals surface area contributed by atoms with Crippen molar-refractivity contribution in [3.63, 3.8) is 0 Å². The van der Waals surface area contributed by atoms with Gasteiger partial charge >= 0.3 is 0 Å². The summed E-state index contributed by atoms with van der Waals surface area (Å²) in [7, 11) is 0. The van der Waals surface area contributed by atoms with Gasteiger partial charge in [0.25, 0.3) is 0 Å². The maximum Gasteiger partial charge on any atom is 0.225 e. The highest BCUT2D eigenvalue weighted by molar-refractivity contribution is 7.99. The van der Waals surface area contributed by atoms with Crippen LogP contribution >= 0.6 is 11.8 Å². The number of benzene rings is 1. The van der Waals surface area contributed by atoms with Crippen molar-refractivity contribution in [3.05, 3.63) is 65.6 Å². The molecular weight excluding hydrogens is 396 g/mol. The molecule has 2 aromatic heterocycles. The molecule has 1 saturated heterocycles. The molecule has 0 unspecified atom stereocenters. The lowest BCUT2D eigenvalue weighted by Gasteiger charge is -2.32. The smallest absolute Gasteiger partial charge is 0.225 e. The molecule has 6 nitrogen and oxygen atoms in total. The van der Waals surface area contributed by atoms with Crippen LogP contribution in [0.5, 0.6) is 0 Å². The van der Waals surface area contributed by atoms with Crippen molar-refractivity contribution in [2.75, 3.05) is 18.0 Å². The first-order valence-corrected chi connectivity index (χ1v) is 11.0. The largest absolute Gasteiger partial charge is 0.465 e. The number of aromatic nitrogens is 2. The van der Waals surface area contributed by atoms with Crippen LogP contribution < -0.4 is 10.2 Å². The fourth-order valence-corrected chi connectivity index (χ4v) is 4.29. The Hall–Kier alpha value is -2.80. The van der Waals surface area contributed by atoms with Crippen LogP contribution in [-0.4, -0.2) is 29.2 Å². The molecule has 156 valence electrons. The van der Waals surface area contributed by atoms with Crippen molar-refractivity contribution in [1.29, 1.82) is 0 Å². The van der Waals surface area contributed by atoms with Crippen LogP contribution in [-0.2, 0) is 11.3 Å². The molecule has 0 saturated carbocycles. The van der Waals surface area contributed by atoms with Gasteiger partial charge < -0.3 is 14.6 Å². The summed E-state index contributed by atoms with van der Waals surface area (Å²) in [5.74, 6) is 2.46. The Morgan fingerprint density at radius 3 is 2.67 bits per heavy atom. The van der Waals surface area contributed by atoms with Gasteiger partial charge in [-0.2, -0.15) is 0 Å². The normalized spacial score (nSPS) is 16.5. The van der Waals surface area contributed by atoms with Gasteiger partial charge in [0.2, 0.25) is 5.91 Å². The number of hydrogen-bond acceptors (Lipinski definition) is 6. The summed E-state index contributed by atoms with van der Waals surface area (Å²) in [6.07, 6.45) is 1.84. The van der Waals surface area contributed by atoms with Gasteiger partial charge in [0.15, 0.2) is 5.82 Å². The number of hydrogen-bond donors (Lipinski definition) is 1. The minimum atomic E-state index is -0.0572. The average molecular weight is 423 g/mol. The monoisotopic (exact) mass is 422 g/mol. The Labute approximate surface area is 181 Å². The molecule has 0 aliphatic carbocycles. The third kappa shape index (κ3) is 5.21. The molecule has 3 heterocycles. The molecule has 4 rings (SSSR count). The number of anilines is 1. The number of carbonyl (C=O) groups is 1. The summed E-state index contributed by atoms with van der Waals surface area (Å²) >= 11 is 1.60. The zero-order valence-corrected chi connectivity index (χ0v) is 18.1. The highest BCUT2D eigenvalue weighted by Gasteiger charge is 2.26. The lowest BCUT2D eigenvalue weighted by atomic mass is 9.97. The van der Waals surface area contributed by atoms with Gasteiger partial charge in [-0.15, -0.1) is 10.2 Å². The molecule has 1 N–H and O–H groups in total. The summed E-state index contributed by atoms with van der Waals surface area (Å²) in [4.78, 5) is 15.9. The molecule has 1 aromatic carbocycles. The number of nitrogens with zero attached hydrogens (tertiary/aromatic N) is 3. The van der Waals surface area contributed by atoms with E-state index in [-0.39, 0.29) is 11.8 Å². The zero-order chi connectivity index (χ0) is 20.9. The van der Waals surface area contributed by atoms with Crippen LogP contribution in [0.25, 0.3) is 0 Å². The molecular formula is C23H26N4O2S. The maximum absolute atomic E-state index is 12.6. The number of nitrogens with one attached hydrogen (secondary N) is 1. The van der Waals surface area contributed by atoms with E-state index in [0.717, 1.165) is 46.6 Å². The summed E-state index contributed by atoms with van der Waals surface area (Å²) in [6, 6.07) is 16.2. The van der Waals surface area contributed by atoms with Crippen molar-refractivity contribution >= 4 is 23.5 Å². The minimum absolute atomic E-state index is 0.0572. The van der Waals surface area contributed by atoms with Crippen molar-refractivity contribution < 1.29 is 9.21 Å². The van der Waals surface area contributed by atoms with Crippen molar-refractivity contribution in [2.45, 2.75) is 43.2 Å². The lowest BCUT2D eigenvalue weighted by molar-refractivity contribution is -0.125. The van der Waals surface area contributed by atoms with Gasteiger partial charge in [0.1, 0.15) is 16.5 Å². The first-order valence-electron chi connectivity index (χ1n) is 10.2. The van der Waals surface area contributed by atoms with Crippen LogP contribution in [0.3, 0.4) is 0 Å². The van der Waals surface area contributed by atoms with E-state index in [4.69, 9.17) is 4.42 Å². The van der Waals surface area contributed by atoms with Crippen molar-refractivity contribution in [1.82, 2.24) is 15.5 Å². The van der Waals surface area contributed by atoms with Crippen molar-refractivity contribution in [2.24, 2.45) is 5.92 Å². The third-order valence-electron chi connectivity index (χ3n) is 5.22. The highest BCUT2D eigenvalue weighted by Crippen LogP contribution is 2.27. The molecule has 0 radical (unpaired) electrons. The van der Waals surface area contributed by atoms with E-state index in [1.54, 1.807) is 11.8 Å². The van der Waals surface area contributed by atoms with Gasteiger partial charge in [-0.3, -0.25) is 4.79 Å². The number of amides is 1. The van der Waals surface area contributed by atoms with E-state index in [0.29, 0.717) is 13.1 Å². The van der Waals surface area contributed by atoms with Gasteiger partial charge in [-0.25, -0.2) is 0 Å². The quantitative estimate of drug-likeness (QED) is 0.636. The SMILES string of the molecule is Cc1ccc(Sc2ccc(N3CCC[C@H](C(=O)NCc4ccc(C)o4)C3)nn2)cc1. The van der Waals surface area contributed by atoms with Gasteiger partial charge in [0, 0.05) is 18.0 Å². The van der Waals surface area contributed by atoms with E-state index < -0.39 is 0 Å². The van der Waals surface area contributed by atoms with E-state index in [9.17, 15) is 4.79 Å². The van der Waals surface area contributed by atoms with Crippen molar-refractivity contribution in [3.8, 4) is 0 Å². The number of furan rings is 1. The number of piperidine rings is 1. The van der Waals surface area contributed by atoms with Crippen LogP contribution in [0.2, 0.25) is 0 Å². The van der Waals surface area contributed by atoms with Crippen LogP contribution in [0.15, 0.2) is 62.9 Å². The molecule has 1 atom stereocenters. The summed E-state index contributed by atoms with van der Waals surface area (Å²) in [5.41, 5.74) is 1.24. The van der Waals surface area contributed by atoms with Gasteiger partial charge in [-0.1, -0.05) is 29.5 Å². The molecule has 1 aliphatic rings. The Bertz CT molecular complexity index is 985. The summed E-state index contributed by atoms with van der Waals surface area (Å²) in [5, 5.41) is 12.7. The second-order valence-electron chi connectivity index (χ2n) is 7.66. The Kier molecular flexibility index (Phi) is 6.38. The van der Waals surface area contributed by atoms with E-state index in [2.05, 4.69) is 51.6 Å². The third-order valence-corrected chi connectivity index (χ3v) is 6.15. The maximum atomic E-state index is 12.6. The zero-order valence-electron chi connectivity index (χ0n) is 17.3. The van der Waals surface area contributed by atoms with Crippen LogP contribution in [0, 0.1) is 19.8 Å². The Balaban J connectivity index is 1.33. The summed E-state index contributed by atoms with van der Waals surface area (Å²) < 4.78 is 5.53. The number of rotatable bonds is 6. The van der Waals surface area contributed by atoms with Crippen LogP contribution in [0.4, 0.5) is 5.82 Å². The molecule has 1 aliphatic heterocycles. The summed E-state index contributed by atoms with van der Waals surface area (Å²) in [6.45, 7) is 5.94. The Morgan fingerprint density at radius 2 is 1.97 bits per heavy atom. The topological polar surface area (TPSA) is 71.3 Å². The molecule has 0 spiro atoms. The Morgan fingerprint density at radius 1 is 1.13 bits per heavy atom. The standard InChI is InChI=1S/C23H26N4O2S/c1-16-5-9-20(10-6-16)30-22-12-11-21(25-26-22)27-13-3-4-18(15-27)23(28)24-14-19-8-7-17(2)29-19/h5-12,18H,3-4,13-15H2,1-2H3,(H,24,28)/t18-/m0/s1. The van der Waals surface area contributed by atoms with E-state index in [1.807, 2.05) is 31.2 Å². The highest BCUT2D eigenvalue weighted by atomic mass is 32.2. The molecule has 0 bridgehead atoms. The average Bonchev–Trinajstić information content (AvgIpc) is 3.19. The van der Waals surface area contributed by atoms with Crippen LogP contribution in [0.1, 0.15) is 29.9 Å². The van der Waals surface area contributed by atoms with E-state index in [1.165, 1.54) is 5.56 Å². The first-order chi connectivity index (χ1) is 14.6. The number of carbonyl (C=O) groups excluding carboxylic acids is 1. The molecule has 1 amide bonds. The van der Waals surface area contributed by atoms with Gasteiger partial charge in [0.05, 0.1) is 12.5 Å². The fourth-order valence-electron chi connectivity index (χ4n) is 3.56. The molecule has 30 heavy (non-hydrogen) atoms. The lowest BCUT2D eigenvalue weighted by Crippen LogP contribution is -2.43. The predicted octanol–water partition coefficient (Wildman–Crippen LogP) is 4.37. The number of aryl methyl sites for hydroxylation is 2. The minimum Gasteiger partial charge on any atom is -0.465 e. The molecule has 3 aromatic rings. The van der Waals surface area contributed by atoms with Gasteiger partial charge in [-0.05, 0) is 63.1 Å². The molecule has 1 fully saturated rings.